The van der Waals surface area contributed by atoms with E-state index in [-0.39, 0.29) is 12.3 Å². The van der Waals surface area contributed by atoms with Gasteiger partial charge in [-0.2, -0.15) is 0 Å². The lowest BCUT2D eigenvalue weighted by atomic mass is 10.1. The highest BCUT2D eigenvalue weighted by molar-refractivity contribution is 6.31. The number of carbonyl (C=O) groups excluding carboxylic acids is 1. The van der Waals surface area contributed by atoms with Crippen molar-refractivity contribution in [1.29, 1.82) is 0 Å². The van der Waals surface area contributed by atoms with Crippen LogP contribution in [0.3, 0.4) is 0 Å². The first-order valence-corrected chi connectivity index (χ1v) is 8.71. The molecule has 2 N–H and O–H groups in total. The van der Waals surface area contributed by atoms with Gasteiger partial charge in [0.25, 0.3) is 0 Å². The summed E-state index contributed by atoms with van der Waals surface area (Å²) in [6, 6.07) is 16.5. The number of carbonyl (C=O) groups is 1. The van der Waals surface area contributed by atoms with Crippen LogP contribution in [0.2, 0.25) is 5.02 Å². The Bertz CT molecular complexity index is 928. The Kier molecular flexibility index (Phi) is 5.88. The maximum Gasteiger partial charge on any atom is 0.229 e. The van der Waals surface area contributed by atoms with Gasteiger partial charge in [-0.3, -0.25) is 4.79 Å². The Morgan fingerprint density at radius 3 is 2.41 bits per heavy atom. The number of nitrogens with zero attached hydrogens (tertiary/aromatic N) is 2. The summed E-state index contributed by atoms with van der Waals surface area (Å²) in [5.41, 5.74) is 2.78. The number of nitrogens with one attached hydrogen (secondary N) is 2. The van der Waals surface area contributed by atoms with Crippen molar-refractivity contribution >= 4 is 34.8 Å². The Balaban J connectivity index is 1.62. The van der Waals surface area contributed by atoms with Crippen molar-refractivity contribution in [3.05, 3.63) is 70.7 Å². The van der Waals surface area contributed by atoms with Gasteiger partial charge in [-0.05, 0) is 42.8 Å². The summed E-state index contributed by atoms with van der Waals surface area (Å²) < 4.78 is 5.29. The summed E-state index contributed by atoms with van der Waals surface area (Å²) in [5.74, 6) is 1.38. The molecule has 7 heteroatoms. The van der Waals surface area contributed by atoms with E-state index in [0.717, 1.165) is 11.1 Å². The van der Waals surface area contributed by atoms with E-state index in [1.807, 2.05) is 31.2 Å². The zero-order chi connectivity index (χ0) is 19.2. The second-order valence-corrected chi connectivity index (χ2v) is 6.42. The number of aromatic nitrogens is 2. The molecule has 0 radical (unpaired) electrons. The van der Waals surface area contributed by atoms with Crippen LogP contribution in [0, 0.1) is 6.92 Å². The summed E-state index contributed by atoms with van der Waals surface area (Å²) in [6.07, 6.45) is 0.279. The number of benzene rings is 2. The van der Waals surface area contributed by atoms with Crippen molar-refractivity contribution in [3.63, 3.8) is 0 Å². The van der Waals surface area contributed by atoms with E-state index < -0.39 is 0 Å². The fraction of sp³-hybridized carbons (Fsp3) is 0.150. The van der Waals surface area contributed by atoms with Crippen LogP contribution < -0.4 is 15.4 Å². The average molecular weight is 383 g/mol. The molecule has 1 heterocycles. The Morgan fingerprint density at radius 2 is 1.74 bits per heavy atom. The minimum absolute atomic E-state index is 0.148. The Hall–Kier alpha value is -3.12. The molecule has 0 saturated heterocycles. The first kappa shape index (κ1) is 18.7. The summed E-state index contributed by atoms with van der Waals surface area (Å²) >= 11 is 6.02. The van der Waals surface area contributed by atoms with Crippen LogP contribution in [0.4, 0.5) is 17.3 Å². The monoisotopic (exact) mass is 382 g/mol. The molecule has 27 heavy (non-hydrogen) atoms. The summed E-state index contributed by atoms with van der Waals surface area (Å²) in [5, 5.41) is 14.5. The van der Waals surface area contributed by atoms with E-state index >= 15 is 0 Å². The normalized spacial score (nSPS) is 10.3. The van der Waals surface area contributed by atoms with Crippen LogP contribution in [0.5, 0.6) is 5.75 Å². The highest BCUT2D eigenvalue weighted by Crippen LogP contribution is 2.29. The molecule has 0 aliphatic heterocycles. The molecule has 138 valence electrons. The van der Waals surface area contributed by atoms with Crippen LogP contribution in [0.25, 0.3) is 0 Å². The number of rotatable bonds is 6. The molecule has 3 rings (SSSR count). The van der Waals surface area contributed by atoms with E-state index in [9.17, 15) is 4.79 Å². The smallest absolute Gasteiger partial charge is 0.229 e. The number of halogens is 1. The number of methoxy groups -OCH3 is 1. The van der Waals surface area contributed by atoms with Crippen LogP contribution in [0.1, 0.15) is 11.1 Å². The molecular formula is C20H19ClN4O2. The topological polar surface area (TPSA) is 76.1 Å². The molecule has 1 amide bonds. The molecule has 0 unspecified atom stereocenters. The lowest BCUT2D eigenvalue weighted by Gasteiger charge is -2.11. The molecule has 0 aliphatic rings. The second-order valence-electron chi connectivity index (χ2n) is 5.98. The lowest BCUT2D eigenvalue weighted by molar-refractivity contribution is -0.115. The van der Waals surface area contributed by atoms with E-state index in [4.69, 9.17) is 16.3 Å². The van der Waals surface area contributed by atoms with Crippen LogP contribution in [0.15, 0.2) is 54.6 Å². The average Bonchev–Trinajstić information content (AvgIpc) is 2.65. The van der Waals surface area contributed by atoms with Crippen molar-refractivity contribution in [2.45, 2.75) is 13.3 Å². The van der Waals surface area contributed by atoms with E-state index in [1.54, 1.807) is 37.4 Å². The van der Waals surface area contributed by atoms with Gasteiger partial charge in [-0.1, -0.05) is 41.4 Å². The van der Waals surface area contributed by atoms with Gasteiger partial charge in [0.1, 0.15) is 5.75 Å². The third kappa shape index (κ3) is 5.18. The van der Waals surface area contributed by atoms with Gasteiger partial charge in [-0.15, -0.1) is 10.2 Å². The van der Waals surface area contributed by atoms with Crippen LogP contribution >= 0.6 is 11.6 Å². The maximum absolute atomic E-state index is 12.1. The van der Waals surface area contributed by atoms with Crippen LogP contribution in [-0.2, 0) is 11.2 Å². The summed E-state index contributed by atoms with van der Waals surface area (Å²) in [6.45, 7) is 2.01. The largest absolute Gasteiger partial charge is 0.495 e. The third-order valence-corrected chi connectivity index (χ3v) is 4.08. The molecule has 0 spiro atoms. The fourth-order valence-corrected chi connectivity index (χ4v) is 2.63. The van der Waals surface area contributed by atoms with Gasteiger partial charge in [0.2, 0.25) is 5.91 Å². The number of anilines is 3. The predicted octanol–water partition coefficient (Wildman–Crippen LogP) is 4.37. The molecule has 0 aliphatic carbocycles. The summed E-state index contributed by atoms with van der Waals surface area (Å²) in [7, 11) is 1.58. The zero-order valence-corrected chi connectivity index (χ0v) is 15.7. The van der Waals surface area contributed by atoms with Crippen molar-refractivity contribution in [3.8, 4) is 5.75 Å². The molecule has 6 nitrogen and oxygen atoms in total. The minimum atomic E-state index is -0.148. The number of hydrogen-bond acceptors (Lipinski definition) is 5. The predicted molar refractivity (Wildman–Crippen MR) is 107 cm³/mol. The van der Waals surface area contributed by atoms with E-state index in [2.05, 4.69) is 20.8 Å². The quantitative estimate of drug-likeness (QED) is 0.662. The first-order valence-electron chi connectivity index (χ1n) is 8.33. The lowest BCUT2D eigenvalue weighted by Crippen LogP contribution is -2.15. The zero-order valence-electron chi connectivity index (χ0n) is 15.0. The molecule has 3 aromatic rings. The van der Waals surface area contributed by atoms with Gasteiger partial charge in [0, 0.05) is 5.02 Å². The van der Waals surface area contributed by atoms with Gasteiger partial charge in [-0.25, -0.2) is 0 Å². The highest BCUT2D eigenvalue weighted by Gasteiger charge is 2.08. The van der Waals surface area contributed by atoms with Gasteiger partial charge < -0.3 is 15.4 Å². The Morgan fingerprint density at radius 1 is 1.04 bits per heavy atom. The first-order chi connectivity index (χ1) is 13.0. The van der Waals surface area contributed by atoms with E-state index in [1.165, 1.54) is 0 Å². The molecule has 0 bridgehead atoms. The molecule has 0 atom stereocenters. The molecule has 1 aromatic heterocycles. The minimum Gasteiger partial charge on any atom is -0.495 e. The molecular weight excluding hydrogens is 364 g/mol. The molecule has 0 saturated carbocycles. The van der Waals surface area contributed by atoms with Crippen LogP contribution in [-0.4, -0.2) is 23.2 Å². The summed E-state index contributed by atoms with van der Waals surface area (Å²) in [4.78, 5) is 12.1. The molecule has 0 fully saturated rings. The van der Waals surface area contributed by atoms with Gasteiger partial charge >= 0.3 is 0 Å². The number of ether oxygens (including phenoxy) is 1. The van der Waals surface area contributed by atoms with Gasteiger partial charge in [0.15, 0.2) is 11.6 Å². The standard InChI is InChI=1S/C20H19ClN4O2/c1-13-3-5-14(6-4-13)11-20(26)23-19-10-9-18(24-25-19)22-16-12-15(21)7-8-17(16)27-2/h3-10,12H,11H2,1-2H3,(H,22,24)(H,23,25,26). The van der Waals surface area contributed by atoms with Gasteiger partial charge in [0.05, 0.1) is 19.2 Å². The fourth-order valence-electron chi connectivity index (χ4n) is 2.46. The van der Waals surface area contributed by atoms with Crippen molar-refractivity contribution in [2.75, 3.05) is 17.7 Å². The number of amides is 1. The van der Waals surface area contributed by atoms with Crippen molar-refractivity contribution < 1.29 is 9.53 Å². The number of aryl methyl sites for hydroxylation is 1. The van der Waals surface area contributed by atoms with Crippen molar-refractivity contribution in [1.82, 2.24) is 10.2 Å². The Labute approximate surface area is 162 Å². The van der Waals surface area contributed by atoms with Crippen molar-refractivity contribution in [2.24, 2.45) is 0 Å². The third-order valence-electron chi connectivity index (χ3n) is 3.84. The highest BCUT2D eigenvalue weighted by atomic mass is 35.5. The second kappa shape index (κ2) is 8.51. The molecule has 2 aromatic carbocycles. The number of hydrogen-bond donors (Lipinski definition) is 2. The SMILES string of the molecule is COc1ccc(Cl)cc1Nc1ccc(NC(=O)Cc2ccc(C)cc2)nn1. The van der Waals surface area contributed by atoms with E-state index in [0.29, 0.717) is 28.1 Å². The maximum atomic E-state index is 12.1.